The standard InChI is InChI=1S/C18H16F3N3OS/c1-11-8-15(18(19,20)21)14(9-22)17(24-11)26-12(2)16(25)23-10-13-6-4-3-5-7-13/h3-8,12H,10H2,1-2H3,(H,23,25). The second kappa shape index (κ2) is 8.23. The van der Waals surface area contributed by atoms with E-state index in [0.717, 1.165) is 23.4 Å². The number of nitrogens with one attached hydrogen (secondary N) is 1. The van der Waals surface area contributed by atoms with Gasteiger partial charge in [0.05, 0.1) is 16.4 Å². The van der Waals surface area contributed by atoms with Crippen molar-refractivity contribution in [3.63, 3.8) is 0 Å². The summed E-state index contributed by atoms with van der Waals surface area (Å²) < 4.78 is 39.4. The van der Waals surface area contributed by atoms with Gasteiger partial charge in [0.1, 0.15) is 11.1 Å². The Morgan fingerprint density at radius 1 is 1.35 bits per heavy atom. The lowest BCUT2D eigenvalue weighted by Gasteiger charge is -2.15. The number of thioether (sulfide) groups is 1. The Bertz CT molecular complexity index is 832. The van der Waals surface area contributed by atoms with Crippen molar-refractivity contribution in [2.75, 3.05) is 0 Å². The number of hydrogen-bond acceptors (Lipinski definition) is 4. The number of aryl methyl sites for hydroxylation is 1. The molecule has 2 rings (SSSR count). The molecule has 26 heavy (non-hydrogen) atoms. The van der Waals surface area contributed by atoms with Crippen molar-refractivity contribution in [1.29, 1.82) is 5.26 Å². The summed E-state index contributed by atoms with van der Waals surface area (Å²) in [6.45, 7) is 3.29. The molecule has 8 heteroatoms. The number of amides is 1. The van der Waals surface area contributed by atoms with Crippen LogP contribution in [-0.4, -0.2) is 16.1 Å². The lowest BCUT2D eigenvalue weighted by Crippen LogP contribution is -2.30. The lowest BCUT2D eigenvalue weighted by atomic mass is 10.1. The summed E-state index contributed by atoms with van der Waals surface area (Å²) in [6.07, 6.45) is -4.66. The third kappa shape index (κ3) is 4.99. The van der Waals surface area contributed by atoms with Crippen molar-refractivity contribution in [3.05, 3.63) is 58.8 Å². The first-order valence-corrected chi connectivity index (χ1v) is 8.57. The molecule has 1 heterocycles. The predicted molar refractivity (Wildman–Crippen MR) is 92.3 cm³/mol. The highest BCUT2D eigenvalue weighted by Gasteiger charge is 2.36. The van der Waals surface area contributed by atoms with Crippen molar-refractivity contribution in [2.45, 2.75) is 36.8 Å². The number of carbonyl (C=O) groups excluding carboxylic acids is 1. The maximum absolute atomic E-state index is 13.1. The van der Waals surface area contributed by atoms with Gasteiger partial charge in [-0.3, -0.25) is 4.79 Å². The normalized spacial score (nSPS) is 12.3. The highest BCUT2D eigenvalue weighted by atomic mass is 32.2. The van der Waals surface area contributed by atoms with Crippen molar-refractivity contribution < 1.29 is 18.0 Å². The van der Waals surface area contributed by atoms with Gasteiger partial charge in [-0.2, -0.15) is 18.4 Å². The Morgan fingerprint density at radius 3 is 2.58 bits per heavy atom. The van der Waals surface area contributed by atoms with Crippen LogP contribution in [0.2, 0.25) is 0 Å². The number of nitrogens with zero attached hydrogens (tertiary/aromatic N) is 2. The Balaban J connectivity index is 2.15. The molecule has 0 saturated carbocycles. The molecule has 0 aliphatic carbocycles. The smallest absolute Gasteiger partial charge is 0.351 e. The highest BCUT2D eigenvalue weighted by molar-refractivity contribution is 8.00. The fraction of sp³-hybridized carbons (Fsp3) is 0.278. The van der Waals surface area contributed by atoms with Crippen molar-refractivity contribution >= 4 is 17.7 Å². The Labute approximate surface area is 153 Å². The molecule has 0 aliphatic rings. The van der Waals surface area contributed by atoms with Crippen LogP contribution in [0.3, 0.4) is 0 Å². The molecule has 136 valence electrons. The number of carbonyl (C=O) groups is 1. The van der Waals surface area contributed by atoms with Crippen molar-refractivity contribution in [1.82, 2.24) is 10.3 Å². The van der Waals surface area contributed by atoms with Crippen molar-refractivity contribution in [3.8, 4) is 6.07 Å². The zero-order valence-electron chi connectivity index (χ0n) is 14.1. The molecule has 0 fully saturated rings. The molecule has 1 N–H and O–H groups in total. The number of rotatable bonds is 5. The second-order valence-electron chi connectivity index (χ2n) is 5.56. The number of pyridine rings is 1. The summed E-state index contributed by atoms with van der Waals surface area (Å²) in [6, 6.07) is 11.6. The van der Waals surface area contributed by atoms with Gasteiger partial charge in [0.2, 0.25) is 5.91 Å². The van der Waals surface area contributed by atoms with Gasteiger partial charge in [-0.15, -0.1) is 0 Å². The molecule has 4 nitrogen and oxygen atoms in total. The topological polar surface area (TPSA) is 65.8 Å². The average molecular weight is 379 g/mol. The zero-order valence-corrected chi connectivity index (χ0v) is 14.9. The molecule has 1 unspecified atom stereocenters. The van der Waals surface area contributed by atoms with Gasteiger partial charge in [0.15, 0.2) is 0 Å². The summed E-state index contributed by atoms with van der Waals surface area (Å²) >= 11 is 0.837. The highest BCUT2D eigenvalue weighted by Crippen LogP contribution is 2.36. The quantitative estimate of drug-likeness (QED) is 0.795. The van der Waals surface area contributed by atoms with Crippen LogP contribution in [0, 0.1) is 18.3 Å². The molecule has 0 radical (unpaired) electrons. The lowest BCUT2D eigenvalue weighted by molar-refractivity contribution is -0.138. The first-order valence-electron chi connectivity index (χ1n) is 7.69. The average Bonchev–Trinajstić information content (AvgIpc) is 2.59. The van der Waals surface area contributed by atoms with E-state index in [0.29, 0.717) is 6.54 Å². The predicted octanol–water partition coefficient (Wildman–Crippen LogP) is 4.08. The summed E-state index contributed by atoms with van der Waals surface area (Å²) in [7, 11) is 0. The van der Waals surface area contributed by atoms with E-state index in [9.17, 15) is 18.0 Å². The van der Waals surface area contributed by atoms with Crippen LogP contribution in [0.5, 0.6) is 0 Å². The molecule has 1 amide bonds. The zero-order chi connectivity index (χ0) is 19.3. The molecule has 1 aromatic carbocycles. The molecule has 2 aromatic rings. The fourth-order valence-corrected chi connectivity index (χ4v) is 3.21. The summed E-state index contributed by atoms with van der Waals surface area (Å²) in [5, 5.41) is 11.1. The van der Waals surface area contributed by atoms with Crippen molar-refractivity contribution in [2.24, 2.45) is 0 Å². The molecular formula is C18H16F3N3OS. The van der Waals surface area contributed by atoms with Crippen LogP contribution < -0.4 is 5.32 Å². The van der Waals surface area contributed by atoms with Gasteiger partial charge < -0.3 is 5.32 Å². The maximum Gasteiger partial charge on any atom is 0.417 e. The molecule has 1 atom stereocenters. The number of aromatic nitrogens is 1. The molecule has 0 saturated heterocycles. The largest absolute Gasteiger partial charge is 0.417 e. The Morgan fingerprint density at radius 2 is 2.00 bits per heavy atom. The number of benzene rings is 1. The number of alkyl halides is 3. The van der Waals surface area contributed by atoms with Crippen LogP contribution in [0.1, 0.15) is 29.3 Å². The Kier molecular flexibility index (Phi) is 6.27. The van der Waals surface area contributed by atoms with E-state index in [1.165, 1.54) is 6.92 Å². The first-order chi connectivity index (χ1) is 12.2. The summed E-state index contributed by atoms with van der Waals surface area (Å²) in [5.74, 6) is -0.348. The monoisotopic (exact) mass is 379 g/mol. The number of hydrogen-bond donors (Lipinski definition) is 1. The molecule has 0 aliphatic heterocycles. The van der Waals surface area contributed by atoms with E-state index in [1.54, 1.807) is 13.0 Å². The van der Waals surface area contributed by atoms with Crippen LogP contribution >= 0.6 is 11.8 Å². The SMILES string of the molecule is Cc1cc(C(F)(F)F)c(C#N)c(SC(C)C(=O)NCc2ccccc2)n1. The second-order valence-corrected chi connectivity index (χ2v) is 6.89. The third-order valence-electron chi connectivity index (χ3n) is 3.50. The van der Waals surface area contributed by atoms with Crippen LogP contribution in [0.25, 0.3) is 0 Å². The first kappa shape index (κ1) is 19.8. The van der Waals surface area contributed by atoms with E-state index < -0.39 is 22.6 Å². The van der Waals surface area contributed by atoms with Gasteiger partial charge in [-0.1, -0.05) is 42.1 Å². The van der Waals surface area contributed by atoms with Crippen LogP contribution in [0.15, 0.2) is 41.4 Å². The summed E-state index contributed by atoms with van der Waals surface area (Å²) in [5.41, 5.74) is -0.553. The minimum absolute atomic E-state index is 0.0952. The summed E-state index contributed by atoms with van der Waals surface area (Å²) in [4.78, 5) is 16.2. The molecule has 1 aromatic heterocycles. The van der Waals surface area contributed by atoms with Gasteiger partial charge in [0.25, 0.3) is 0 Å². The minimum Gasteiger partial charge on any atom is -0.351 e. The van der Waals surface area contributed by atoms with Gasteiger partial charge in [-0.05, 0) is 25.5 Å². The van der Waals surface area contributed by atoms with E-state index in [1.807, 2.05) is 30.3 Å². The third-order valence-corrected chi connectivity index (χ3v) is 4.59. The molecule has 0 bridgehead atoms. The fourth-order valence-electron chi connectivity index (χ4n) is 2.21. The van der Waals surface area contributed by atoms with E-state index in [4.69, 9.17) is 5.26 Å². The van der Waals surface area contributed by atoms with E-state index in [2.05, 4.69) is 10.3 Å². The van der Waals surface area contributed by atoms with Crippen LogP contribution in [-0.2, 0) is 17.5 Å². The van der Waals surface area contributed by atoms with Crippen LogP contribution in [0.4, 0.5) is 13.2 Å². The van der Waals surface area contributed by atoms with E-state index in [-0.39, 0.29) is 16.6 Å². The molecular weight excluding hydrogens is 363 g/mol. The Hall–Kier alpha value is -2.53. The number of nitriles is 1. The minimum atomic E-state index is -4.66. The van der Waals surface area contributed by atoms with Gasteiger partial charge >= 0.3 is 6.18 Å². The van der Waals surface area contributed by atoms with Gasteiger partial charge in [0, 0.05) is 12.2 Å². The van der Waals surface area contributed by atoms with E-state index >= 15 is 0 Å². The van der Waals surface area contributed by atoms with Gasteiger partial charge in [-0.25, -0.2) is 4.98 Å². The maximum atomic E-state index is 13.1. The number of halogens is 3. The molecule has 0 spiro atoms.